The lowest BCUT2D eigenvalue weighted by Crippen LogP contribution is -2.46. The molecule has 34 heavy (non-hydrogen) atoms. The maximum absolute atomic E-state index is 12.9. The largest absolute Gasteiger partial charge is 0.463 e. The van der Waals surface area contributed by atoms with Crippen LogP contribution in [0, 0.1) is 29.6 Å². The molecule has 0 radical (unpaired) electrons. The second-order valence-electron chi connectivity index (χ2n) is 9.51. The first kappa shape index (κ1) is 25.7. The van der Waals surface area contributed by atoms with Gasteiger partial charge in [0.05, 0.1) is 12.2 Å². The fourth-order valence-corrected chi connectivity index (χ4v) is 5.74. The minimum atomic E-state index is -0.329. The monoisotopic (exact) mass is 462 g/mol. The van der Waals surface area contributed by atoms with Crippen LogP contribution in [0.1, 0.15) is 57.8 Å². The summed E-state index contributed by atoms with van der Waals surface area (Å²) >= 11 is 0. The van der Waals surface area contributed by atoms with Crippen molar-refractivity contribution >= 4 is 11.9 Å². The molecule has 1 saturated carbocycles. The maximum atomic E-state index is 12.9. The second kappa shape index (κ2) is 12.0. The number of carbonyl (C=O) groups is 2. The van der Waals surface area contributed by atoms with E-state index in [-0.39, 0.29) is 29.9 Å². The van der Waals surface area contributed by atoms with Gasteiger partial charge in [-0.25, -0.2) is 9.59 Å². The van der Waals surface area contributed by atoms with Crippen LogP contribution in [0.3, 0.4) is 0 Å². The van der Waals surface area contributed by atoms with Crippen molar-refractivity contribution in [1.82, 2.24) is 0 Å². The Balaban J connectivity index is 1.90. The molecule has 2 aliphatic rings. The van der Waals surface area contributed by atoms with Gasteiger partial charge in [-0.1, -0.05) is 66.6 Å². The summed E-state index contributed by atoms with van der Waals surface area (Å²) in [4.78, 5) is 24.6. The molecular weight excluding hydrogens is 424 g/mol. The number of allylic oxidation sites excluding steroid dienone is 6. The lowest BCUT2D eigenvalue weighted by molar-refractivity contribution is -0.137. The Morgan fingerprint density at radius 1 is 1.12 bits per heavy atom. The minimum Gasteiger partial charge on any atom is -0.463 e. The van der Waals surface area contributed by atoms with Gasteiger partial charge in [-0.15, -0.1) is 0 Å². The van der Waals surface area contributed by atoms with E-state index in [1.807, 2.05) is 24.3 Å². The molecule has 2 aliphatic carbocycles. The summed E-state index contributed by atoms with van der Waals surface area (Å²) in [6.45, 7) is 11.0. The smallest absolute Gasteiger partial charge is 0.338 e. The summed E-state index contributed by atoms with van der Waals surface area (Å²) < 4.78 is 11.1. The van der Waals surface area contributed by atoms with E-state index < -0.39 is 0 Å². The van der Waals surface area contributed by atoms with Crippen LogP contribution < -0.4 is 0 Å². The van der Waals surface area contributed by atoms with Crippen LogP contribution in [-0.2, 0) is 14.3 Å². The summed E-state index contributed by atoms with van der Waals surface area (Å²) in [7, 11) is 0. The van der Waals surface area contributed by atoms with Crippen molar-refractivity contribution in [3.8, 4) is 0 Å². The van der Waals surface area contributed by atoms with E-state index in [2.05, 4.69) is 45.9 Å². The molecule has 0 aromatic heterocycles. The van der Waals surface area contributed by atoms with E-state index in [1.54, 1.807) is 25.1 Å². The number of hydrogen-bond donors (Lipinski definition) is 0. The van der Waals surface area contributed by atoms with Gasteiger partial charge >= 0.3 is 11.9 Å². The van der Waals surface area contributed by atoms with Crippen LogP contribution in [0.4, 0.5) is 0 Å². The highest BCUT2D eigenvalue weighted by Crippen LogP contribution is 2.51. The van der Waals surface area contributed by atoms with Crippen molar-refractivity contribution in [1.29, 1.82) is 0 Å². The van der Waals surface area contributed by atoms with Crippen LogP contribution >= 0.6 is 0 Å². The standard InChI is InChI=1S/C30H38O4/c1-6-20(3)28-22(5)19-25-26(34-30(32)23-13-9-8-10-14-23)18-17-21(4)29(25)24(28)15-11-12-16-27(31)33-7-2/h6,8-16,19,21,24-26,28-29H,7,17-18H2,1-5H3/b15-11+,16-12+,20-6-/t21-,24+,25-,26-,28+,29-/m0/s1. The molecule has 0 bridgehead atoms. The number of esters is 2. The van der Waals surface area contributed by atoms with Crippen molar-refractivity contribution in [2.75, 3.05) is 6.61 Å². The van der Waals surface area contributed by atoms with E-state index in [9.17, 15) is 9.59 Å². The molecule has 0 N–H and O–H groups in total. The molecule has 1 aromatic rings. The fourth-order valence-electron chi connectivity index (χ4n) is 5.74. The summed E-state index contributed by atoms with van der Waals surface area (Å²) in [5, 5.41) is 0. The highest BCUT2D eigenvalue weighted by atomic mass is 16.5. The Morgan fingerprint density at radius 3 is 2.53 bits per heavy atom. The Labute approximate surface area is 204 Å². The van der Waals surface area contributed by atoms with E-state index in [1.165, 1.54) is 17.2 Å². The third kappa shape index (κ3) is 5.97. The summed E-state index contributed by atoms with van der Waals surface area (Å²) in [6.07, 6.45) is 13.7. The zero-order valence-corrected chi connectivity index (χ0v) is 21.1. The fraction of sp³-hybridized carbons (Fsp3) is 0.467. The molecule has 0 spiro atoms. The van der Waals surface area contributed by atoms with Crippen molar-refractivity contribution < 1.29 is 19.1 Å². The number of rotatable bonds is 7. The predicted octanol–water partition coefficient (Wildman–Crippen LogP) is 6.71. The first-order valence-electron chi connectivity index (χ1n) is 12.5. The third-order valence-corrected chi connectivity index (χ3v) is 7.39. The molecule has 3 rings (SSSR count). The second-order valence-corrected chi connectivity index (χ2v) is 9.51. The molecule has 6 atom stereocenters. The van der Waals surface area contributed by atoms with Gasteiger partial charge in [0, 0.05) is 17.9 Å². The summed E-state index contributed by atoms with van der Waals surface area (Å²) in [5.41, 5.74) is 3.25. The molecule has 1 fully saturated rings. The molecule has 4 nitrogen and oxygen atoms in total. The average molecular weight is 463 g/mol. The SMILES string of the molecule is C/C=C(/C)[C@@H]1C(C)=C[C@@H]2[C@H]([C@@H]1/C=C/C=C/C(=O)OCC)[C@@H](C)CC[C@@H]2OC(=O)c1ccccc1. The Bertz CT molecular complexity index is 969. The molecule has 0 amide bonds. The van der Waals surface area contributed by atoms with E-state index in [4.69, 9.17) is 9.47 Å². The first-order valence-corrected chi connectivity index (χ1v) is 12.5. The Morgan fingerprint density at radius 2 is 1.85 bits per heavy atom. The van der Waals surface area contributed by atoms with E-state index in [0.29, 0.717) is 29.9 Å². The van der Waals surface area contributed by atoms with Crippen LogP contribution in [-0.4, -0.2) is 24.6 Å². The minimum absolute atomic E-state index is 0.137. The Hall–Kier alpha value is -2.88. The van der Waals surface area contributed by atoms with Gasteiger partial charge in [0.15, 0.2) is 0 Å². The van der Waals surface area contributed by atoms with Gasteiger partial charge in [0.2, 0.25) is 0 Å². The number of carbonyl (C=O) groups excluding carboxylic acids is 2. The molecule has 4 heteroatoms. The first-order chi connectivity index (χ1) is 16.4. The molecule has 0 heterocycles. The van der Waals surface area contributed by atoms with Gasteiger partial charge in [-0.3, -0.25) is 0 Å². The molecule has 182 valence electrons. The van der Waals surface area contributed by atoms with E-state index in [0.717, 1.165) is 12.8 Å². The van der Waals surface area contributed by atoms with Crippen molar-refractivity contribution in [2.24, 2.45) is 29.6 Å². The van der Waals surface area contributed by atoms with Crippen LogP contribution in [0.15, 0.2) is 77.9 Å². The molecule has 0 saturated heterocycles. The molecular formula is C30H38O4. The number of benzene rings is 1. The summed E-state index contributed by atoms with van der Waals surface area (Å²) in [5.74, 6) is 0.984. The zero-order valence-electron chi connectivity index (χ0n) is 21.1. The number of fused-ring (bicyclic) bond motifs is 1. The zero-order chi connectivity index (χ0) is 24.7. The van der Waals surface area contributed by atoms with Crippen molar-refractivity contribution in [3.63, 3.8) is 0 Å². The quantitative estimate of drug-likeness (QED) is 0.196. The van der Waals surface area contributed by atoms with Crippen LogP contribution in [0.5, 0.6) is 0 Å². The maximum Gasteiger partial charge on any atom is 0.338 e. The van der Waals surface area contributed by atoms with Gasteiger partial charge in [0.25, 0.3) is 0 Å². The highest BCUT2D eigenvalue weighted by Gasteiger charge is 2.47. The van der Waals surface area contributed by atoms with E-state index >= 15 is 0 Å². The lowest BCUT2D eigenvalue weighted by atomic mass is 9.57. The predicted molar refractivity (Wildman–Crippen MR) is 136 cm³/mol. The van der Waals surface area contributed by atoms with Crippen LogP contribution in [0.2, 0.25) is 0 Å². The van der Waals surface area contributed by atoms with Gasteiger partial charge in [-0.05, 0) is 70.4 Å². The molecule has 0 unspecified atom stereocenters. The average Bonchev–Trinajstić information content (AvgIpc) is 2.83. The van der Waals surface area contributed by atoms with Gasteiger partial charge in [0.1, 0.15) is 6.10 Å². The van der Waals surface area contributed by atoms with Gasteiger partial charge < -0.3 is 9.47 Å². The number of ether oxygens (including phenoxy) is 2. The molecule has 1 aromatic carbocycles. The van der Waals surface area contributed by atoms with Crippen molar-refractivity contribution in [3.05, 3.63) is 83.5 Å². The van der Waals surface area contributed by atoms with Crippen LogP contribution in [0.25, 0.3) is 0 Å². The normalized spacial score (nSPS) is 29.6. The highest BCUT2D eigenvalue weighted by molar-refractivity contribution is 5.89. The molecule has 0 aliphatic heterocycles. The topological polar surface area (TPSA) is 52.6 Å². The lowest BCUT2D eigenvalue weighted by Gasteiger charge is -2.49. The van der Waals surface area contributed by atoms with Gasteiger partial charge in [-0.2, -0.15) is 0 Å². The van der Waals surface area contributed by atoms with Crippen molar-refractivity contribution in [2.45, 2.75) is 53.6 Å². The number of hydrogen-bond acceptors (Lipinski definition) is 4. The third-order valence-electron chi connectivity index (χ3n) is 7.39. The Kier molecular flexibility index (Phi) is 9.09. The summed E-state index contributed by atoms with van der Waals surface area (Å²) in [6, 6.07) is 9.24.